The van der Waals surface area contributed by atoms with Gasteiger partial charge >= 0.3 is 0 Å². The molecule has 1 aromatic rings. The normalized spacial score (nSPS) is 11.3. The summed E-state index contributed by atoms with van der Waals surface area (Å²) >= 11 is 3.38. The summed E-state index contributed by atoms with van der Waals surface area (Å²) < 4.78 is -0.494. The average Bonchev–Trinajstić information content (AvgIpc) is 2.19. The van der Waals surface area contributed by atoms with Crippen molar-refractivity contribution in [3.8, 4) is 0 Å². The van der Waals surface area contributed by atoms with E-state index in [4.69, 9.17) is 0 Å². The fraction of sp³-hybridized carbons (Fsp3) is 0.462. The number of amides is 1. The predicted octanol–water partition coefficient (Wildman–Crippen LogP) is 3.13. The third kappa shape index (κ3) is 3.63. The van der Waals surface area contributed by atoms with E-state index in [9.17, 15) is 4.79 Å². The van der Waals surface area contributed by atoms with Crippen LogP contribution in [-0.2, 0) is 11.3 Å². The topological polar surface area (TPSA) is 20.3 Å². The largest absolute Gasteiger partial charge is 0.340 e. The first-order valence-electron chi connectivity index (χ1n) is 5.31. The number of aryl methyl sites for hydroxylation is 1. The zero-order valence-corrected chi connectivity index (χ0v) is 11.8. The number of carbonyl (C=O) groups is 1. The average molecular weight is 284 g/mol. The molecule has 0 unspecified atom stereocenters. The highest BCUT2D eigenvalue weighted by molar-refractivity contribution is 9.10. The fourth-order valence-corrected chi connectivity index (χ4v) is 1.80. The minimum Gasteiger partial charge on any atom is -0.340 e. The summed E-state index contributed by atoms with van der Waals surface area (Å²) in [7, 11) is 1.82. The first kappa shape index (κ1) is 13.2. The van der Waals surface area contributed by atoms with Crippen LogP contribution in [0, 0.1) is 6.92 Å². The molecule has 3 heteroatoms. The Morgan fingerprint density at radius 2 is 1.81 bits per heavy atom. The second-order valence-corrected chi connectivity index (χ2v) is 6.60. The highest BCUT2D eigenvalue weighted by atomic mass is 79.9. The van der Waals surface area contributed by atoms with E-state index in [-0.39, 0.29) is 5.91 Å². The van der Waals surface area contributed by atoms with Gasteiger partial charge in [-0.25, -0.2) is 0 Å². The quantitative estimate of drug-likeness (QED) is 0.781. The van der Waals surface area contributed by atoms with Crippen molar-refractivity contribution in [2.75, 3.05) is 7.05 Å². The van der Waals surface area contributed by atoms with E-state index in [1.165, 1.54) is 5.56 Å². The van der Waals surface area contributed by atoms with Gasteiger partial charge in [0.1, 0.15) is 0 Å². The van der Waals surface area contributed by atoms with Crippen molar-refractivity contribution in [3.05, 3.63) is 35.4 Å². The van der Waals surface area contributed by atoms with E-state index >= 15 is 0 Å². The minimum absolute atomic E-state index is 0.0908. The number of halogens is 1. The molecule has 0 saturated heterocycles. The van der Waals surface area contributed by atoms with Crippen LogP contribution in [0.2, 0.25) is 0 Å². The van der Waals surface area contributed by atoms with Gasteiger partial charge in [-0.2, -0.15) is 0 Å². The molecular weight excluding hydrogens is 266 g/mol. The molecule has 0 atom stereocenters. The Kier molecular flexibility index (Phi) is 4.14. The highest BCUT2D eigenvalue weighted by Crippen LogP contribution is 2.19. The van der Waals surface area contributed by atoms with Crippen LogP contribution in [0.15, 0.2) is 24.3 Å². The molecule has 0 aliphatic carbocycles. The van der Waals surface area contributed by atoms with Crippen LogP contribution < -0.4 is 0 Å². The lowest BCUT2D eigenvalue weighted by Gasteiger charge is -2.24. The molecule has 0 spiro atoms. The Balaban J connectivity index is 2.68. The molecule has 0 bridgehead atoms. The van der Waals surface area contributed by atoms with Gasteiger partial charge in [0.25, 0.3) is 0 Å². The van der Waals surface area contributed by atoms with Crippen LogP contribution in [-0.4, -0.2) is 22.2 Å². The molecule has 2 nitrogen and oxygen atoms in total. The number of carbonyl (C=O) groups excluding carboxylic acids is 1. The van der Waals surface area contributed by atoms with Crippen molar-refractivity contribution < 1.29 is 4.79 Å². The van der Waals surface area contributed by atoms with E-state index in [0.717, 1.165) is 5.56 Å². The second kappa shape index (κ2) is 5.00. The first-order valence-corrected chi connectivity index (χ1v) is 6.10. The summed E-state index contributed by atoms with van der Waals surface area (Å²) in [6, 6.07) is 8.24. The molecule has 0 aromatic heterocycles. The molecule has 1 rings (SSSR count). The maximum atomic E-state index is 11.9. The molecule has 88 valence electrons. The zero-order valence-electron chi connectivity index (χ0n) is 10.2. The van der Waals surface area contributed by atoms with Gasteiger partial charge in [-0.15, -0.1) is 0 Å². The van der Waals surface area contributed by atoms with Gasteiger partial charge < -0.3 is 4.90 Å². The van der Waals surface area contributed by atoms with Gasteiger partial charge in [0.15, 0.2) is 0 Å². The molecule has 0 radical (unpaired) electrons. The highest BCUT2D eigenvalue weighted by Gasteiger charge is 2.26. The number of nitrogens with zero attached hydrogens (tertiary/aromatic N) is 1. The van der Waals surface area contributed by atoms with Crippen molar-refractivity contribution in [3.63, 3.8) is 0 Å². The summed E-state index contributed by atoms with van der Waals surface area (Å²) in [6.07, 6.45) is 0. The smallest absolute Gasteiger partial charge is 0.238 e. The van der Waals surface area contributed by atoms with Gasteiger partial charge in [0.05, 0.1) is 4.32 Å². The molecule has 16 heavy (non-hydrogen) atoms. The third-order valence-electron chi connectivity index (χ3n) is 2.40. The van der Waals surface area contributed by atoms with Crippen LogP contribution >= 0.6 is 15.9 Å². The van der Waals surface area contributed by atoms with E-state index < -0.39 is 4.32 Å². The van der Waals surface area contributed by atoms with Gasteiger partial charge in [-0.05, 0) is 26.3 Å². The third-order valence-corrected chi connectivity index (χ3v) is 2.73. The fourth-order valence-electron chi connectivity index (χ4n) is 1.49. The van der Waals surface area contributed by atoms with Gasteiger partial charge in [0, 0.05) is 13.6 Å². The van der Waals surface area contributed by atoms with Gasteiger partial charge in [0.2, 0.25) is 5.91 Å². The summed E-state index contributed by atoms with van der Waals surface area (Å²) in [5, 5.41) is 0. The lowest BCUT2D eigenvalue weighted by Crippen LogP contribution is -2.38. The maximum Gasteiger partial charge on any atom is 0.238 e. The maximum absolute atomic E-state index is 11.9. The van der Waals surface area contributed by atoms with Crippen LogP contribution in [0.1, 0.15) is 25.0 Å². The van der Waals surface area contributed by atoms with E-state index in [1.807, 2.05) is 20.9 Å². The van der Waals surface area contributed by atoms with Crippen LogP contribution in [0.4, 0.5) is 0 Å². The first-order chi connectivity index (χ1) is 7.30. The van der Waals surface area contributed by atoms with Gasteiger partial charge in [-0.3, -0.25) is 4.79 Å². The summed E-state index contributed by atoms with van der Waals surface area (Å²) in [6.45, 7) is 6.43. The van der Waals surface area contributed by atoms with Crippen LogP contribution in [0.5, 0.6) is 0 Å². The monoisotopic (exact) mass is 283 g/mol. The Morgan fingerprint density at radius 1 is 1.31 bits per heavy atom. The molecule has 1 amide bonds. The molecule has 0 N–H and O–H groups in total. The van der Waals surface area contributed by atoms with Crippen molar-refractivity contribution in [1.29, 1.82) is 0 Å². The van der Waals surface area contributed by atoms with Crippen LogP contribution in [0.3, 0.4) is 0 Å². The predicted molar refractivity (Wildman–Crippen MR) is 70.7 cm³/mol. The second-order valence-electron chi connectivity index (χ2n) is 4.62. The molecule has 0 saturated carbocycles. The number of benzene rings is 1. The molecule has 0 fully saturated rings. The Hall–Kier alpha value is -0.830. The molecule has 1 aromatic carbocycles. The Morgan fingerprint density at radius 3 is 2.25 bits per heavy atom. The van der Waals surface area contributed by atoms with Crippen molar-refractivity contribution >= 4 is 21.8 Å². The summed E-state index contributed by atoms with van der Waals surface area (Å²) in [5.74, 6) is 0.0908. The Bertz CT molecular complexity index is 365. The Labute approximate surface area is 106 Å². The zero-order chi connectivity index (χ0) is 12.3. The molecule has 0 aliphatic rings. The molecular formula is C13H18BrNO. The lowest BCUT2D eigenvalue weighted by molar-refractivity contribution is -0.131. The van der Waals surface area contributed by atoms with E-state index in [1.54, 1.807) is 4.90 Å². The van der Waals surface area contributed by atoms with Crippen molar-refractivity contribution in [2.24, 2.45) is 0 Å². The summed E-state index contributed by atoms with van der Waals surface area (Å²) in [5.41, 5.74) is 2.39. The number of alkyl halides is 1. The standard InChI is InChI=1S/C13H18BrNO/c1-10-5-7-11(8-6-10)9-15(4)12(16)13(2,3)14/h5-8H,9H2,1-4H3. The van der Waals surface area contributed by atoms with Crippen molar-refractivity contribution in [1.82, 2.24) is 4.90 Å². The van der Waals surface area contributed by atoms with E-state index in [0.29, 0.717) is 6.54 Å². The van der Waals surface area contributed by atoms with Crippen LogP contribution in [0.25, 0.3) is 0 Å². The molecule has 0 heterocycles. The minimum atomic E-state index is -0.494. The number of hydrogen-bond acceptors (Lipinski definition) is 1. The number of hydrogen-bond donors (Lipinski definition) is 0. The van der Waals surface area contributed by atoms with E-state index in [2.05, 4.69) is 47.1 Å². The summed E-state index contributed by atoms with van der Waals surface area (Å²) in [4.78, 5) is 13.7. The van der Waals surface area contributed by atoms with Crippen molar-refractivity contribution in [2.45, 2.75) is 31.6 Å². The molecule has 0 aliphatic heterocycles. The van der Waals surface area contributed by atoms with Gasteiger partial charge in [-0.1, -0.05) is 45.8 Å². The SMILES string of the molecule is Cc1ccc(CN(C)C(=O)C(C)(C)Br)cc1. The lowest BCUT2D eigenvalue weighted by atomic mass is 10.1. The number of rotatable bonds is 3.